The first-order chi connectivity index (χ1) is 12.1. The quantitative estimate of drug-likeness (QED) is 0.661. The molecule has 0 bridgehead atoms. The zero-order chi connectivity index (χ0) is 17.8. The number of benzene rings is 1. The van der Waals surface area contributed by atoms with Crippen LogP contribution in [0.1, 0.15) is 44.1 Å². The van der Waals surface area contributed by atoms with Gasteiger partial charge in [-0.3, -0.25) is 14.5 Å². The molecule has 1 fully saturated rings. The fourth-order valence-corrected chi connectivity index (χ4v) is 3.76. The van der Waals surface area contributed by atoms with Crippen molar-refractivity contribution in [2.24, 2.45) is 0 Å². The topological polar surface area (TPSA) is 53.9 Å². The molecule has 1 N–H and O–H groups in total. The monoisotopic (exact) mass is 358 g/mol. The Bertz CT molecular complexity index is 787. The lowest BCUT2D eigenvalue weighted by molar-refractivity contribution is -0.132. The zero-order valence-corrected chi connectivity index (χ0v) is 15.8. The van der Waals surface area contributed by atoms with Crippen molar-refractivity contribution < 1.29 is 4.79 Å². The van der Waals surface area contributed by atoms with E-state index in [9.17, 15) is 4.79 Å². The number of aryl methyl sites for hydroxylation is 1. The van der Waals surface area contributed by atoms with E-state index in [4.69, 9.17) is 12.2 Å². The molecular weight excluding hydrogens is 332 g/mol. The standard InChI is InChI=1S/C19H26N4OS/c1-14-8-7-9-15(12-14)18-20-21-19(25)23(18)13-17(24)22(2)16-10-5-3-4-6-11-16/h7-9,12,16H,3-6,10-11,13H2,1-2H3,(H,21,25). The molecule has 1 heterocycles. The Kier molecular flexibility index (Phi) is 5.68. The number of amides is 1. The summed E-state index contributed by atoms with van der Waals surface area (Å²) in [5.41, 5.74) is 2.12. The van der Waals surface area contributed by atoms with Gasteiger partial charge >= 0.3 is 0 Å². The van der Waals surface area contributed by atoms with Crippen LogP contribution < -0.4 is 0 Å². The molecule has 1 aromatic heterocycles. The van der Waals surface area contributed by atoms with Crippen molar-refractivity contribution in [3.8, 4) is 11.4 Å². The molecule has 0 unspecified atom stereocenters. The molecule has 1 aromatic carbocycles. The summed E-state index contributed by atoms with van der Waals surface area (Å²) in [6.07, 6.45) is 7.18. The average Bonchev–Trinajstić information content (AvgIpc) is 2.80. The number of H-pyrrole nitrogens is 1. The Labute approximate surface area is 154 Å². The van der Waals surface area contributed by atoms with E-state index in [2.05, 4.69) is 16.3 Å². The molecule has 1 aliphatic carbocycles. The van der Waals surface area contributed by atoms with Crippen molar-refractivity contribution in [3.63, 3.8) is 0 Å². The van der Waals surface area contributed by atoms with E-state index in [0.717, 1.165) is 29.8 Å². The molecule has 0 radical (unpaired) electrons. The first-order valence-corrected chi connectivity index (χ1v) is 9.45. The Morgan fingerprint density at radius 3 is 2.72 bits per heavy atom. The Hall–Kier alpha value is -1.95. The number of carbonyl (C=O) groups is 1. The molecule has 2 aromatic rings. The van der Waals surface area contributed by atoms with Crippen LogP contribution >= 0.6 is 12.2 Å². The molecule has 5 nitrogen and oxygen atoms in total. The molecule has 0 spiro atoms. The summed E-state index contributed by atoms with van der Waals surface area (Å²) < 4.78 is 2.29. The molecular formula is C19H26N4OS. The maximum atomic E-state index is 12.8. The van der Waals surface area contributed by atoms with Crippen LogP contribution in [-0.4, -0.2) is 38.7 Å². The summed E-state index contributed by atoms with van der Waals surface area (Å²) in [5, 5.41) is 7.18. The van der Waals surface area contributed by atoms with Crippen LogP contribution in [0.15, 0.2) is 24.3 Å². The van der Waals surface area contributed by atoms with Gasteiger partial charge in [0, 0.05) is 18.7 Å². The van der Waals surface area contributed by atoms with E-state index in [1.807, 2.05) is 37.1 Å². The van der Waals surface area contributed by atoms with Crippen molar-refractivity contribution in [3.05, 3.63) is 34.6 Å². The minimum Gasteiger partial charge on any atom is -0.341 e. The highest BCUT2D eigenvalue weighted by Gasteiger charge is 2.22. The van der Waals surface area contributed by atoms with Crippen LogP contribution in [0, 0.1) is 11.7 Å². The van der Waals surface area contributed by atoms with Crippen LogP contribution in [0.2, 0.25) is 0 Å². The third-order valence-corrected chi connectivity index (χ3v) is 5.41. The van der Waals surface area contributed by atoms with Crippen LogP contribution in [-0.2, 0) is 11.3 Å². The van der Waals surface area contributed by atoms with Gasteiger partial charge in [0.2, 0.25) is 5.91 Å². The molecule has 1 amide bonds. The predicted molar refractivity (Wildman–Crippen MR) is 102 cm³/mol. The summed E-state index contributed by atoms with van der Waals surface area (Å²) in [7, 11) is 1.92. The maximum Gasteiger partial charge on any atom is 0.242 e. The van der Waals surface area contributed by atoms with Gasteiger partial charge in [0.25, 0.3) is 0 Å². The number of rotatable bonds is 4. The summed E-state index contributed by atoms with van der Waals surface area (Å²) in [4.78, 5) is 14.8. The van der Waals surface area contributed by atoms with Gasteiger partial charge in [-0.25, -0.2) is 0 Å². The SMILES string of the molecule is Cc1cccc(-c2n[nH]c(=S)n2CC(=O)N(C)C2CCCCCC2)c1. The van der Waals surface area contributed by atoms with Gasteiger partial charge in [-0.1, -0.05) is 49.4 Å². The van der Waals surface area contributed by atoms with Gasteiger partial charge in [0.15, 0.2) is 10.6 Å². The lowest BCUT2D eigenvalue weighted by Crippen LogP contribution is -2.38. The summed E-state index contributed by atoms with van der Waals surface area (Å²) in [6, 6.07) is 8.43. The van der Waals surface area contributed by atoms with Gasteiger partial charge in [-0.2, -0.15) is 5.10 Å². The Balaban J connectivity index is 1.79. The number of hydrogen-bond donors (Lipinski definition) is 1. The lowest BCUT2D eigenvalue weighted by atomic mass is 10.1. The summed E-state index contributed by atoms with van der Waals surface area (Å²) >= 11 is 5.36. The van der Waals surface area contributed by atoms with E-state index in [0.29, 0.717) is 10.8 Å². The first-order valence-electron chi connectivity index (χ1n) is 9.04. The minimum atomic E-state index is 0.0957. The first kappa shape index (κ1) is 17.9. The molecule has 0 aliphatic heterocycles. The van der Waals surface area contributed by atoms with Gasteiger partial charge in [-0.15, -0.1) is 0 Å². The highest BCUT2D eigenvalue weighted by atomic mass is 32.1. The van der Waals surface area contributed by atoms with E-state index >= 15 is 0 Å². The number of carbonyl (C=O) groups excluding carboxylic acids is 1. The summed E-state index contributed by atoms with van der Waals surface area (Å²) in [6.45, 7) is 2.27. The third-order valence-electron chi connectivity index (χ3n) is 5.09. The van der Waals surface area contributed by atoms with Gasteiger partial charge in [0.05, 0.1) is 0 Å². The van der Waals surface area contributed by atoms with Gasteiger partial charge < -0.3 is 4.90 Å². The summed E-state index contributed by atoms with van der Waals surface area (Å²) in [5.74, 6) is 0.814. The molecule has 1 saturated carbocycles. The van der Waals surface area contributed by atoms with E-state index in [-0.39, 0.29) is 12.5 Å². The van der Waals surface area contributed by atoms with Crippen LogP contribution in [0.4, 0.5) is 0 Å². The van der Waals surface area contributed by atoms with Crippen molar-refractivity contribution in [1.29, 1.82) is 0 Å². The molecule has 25 heavy (non-hydrogen) atoms. The molecule has 0 saturated heterocycles. The second-order valence-corrected chi connectivity index (χ2v) is 7.34. The second kappa shape index (κ2) is 7.95. The molecule has 1 aliphatic rings. The molecule has 6 heteroatoms. The van der Waals surface area contributed by atoms with Crippen LogP contribution in [0.25, 0.3) is 11.4 Å². The second-order valence-electron chi connectivity index (χ2n) is 6.96. The fraction of sp³-hybridized carbons (Fsp3) is 0.526. The molecule has 0 atom stereocenters. The van der Waals surface area contributed by atoms with E-state index in [1.54, 1.807) is 4.57 Å². The van der Waals surface area contributed by atoms with Crippen LogP contribution in [0.5, 0.6) is 0 Å². The van der Waals surface area contributed by atoms with Crippen molar-refractivity contribution in [2.45, 2.75) is 58.0 Å². The normalized spacial score (nSPS) is 15.8. The molecule has 134 valence electrons. The van der Waals surface area contributed by atoms with Crippen molar-refractivity contribution in [2.75, 3.05) is 7.05 Å². The number of nitrogens with one attached hydrogen (secondary N) is 1. The molecule has 3 rings (SSSR count). The number of aromatic nitrogens is 3. The fourth-order valence-electron chi connectivity index (χ4n) is 3.56. The number of likely N-dealkylation sites (N-methyl/N-ethyl adjacent to an activating group) is 1. The van der Waals surface area contributed by atoms with Gasteiger partial charge in [-0.05, 0) is 38.0 Å². The number of hydrogen-bond acceptors (Lipinski definition) is 3. The highest BCUT2D eigenvalue weighted by molar-refractivity contribution is 7.71. The predicted octanol–water partition coefficient (Wildman–Crippen LogP) is 4.10. The average molecular weight is 359 g/mol. The smallest absolute Gasteiger partial charge is 0.242 e. The highest BCUT2D eigenvalue weighted by Crippen LogP contribution is 2.22. The Morgan fingerprint density at radius 2 is 2.04 bits per heavy atom. The minimum absolute atomic E-state index is 0.0957. The van der Waals surface area contributed by atoms with Crippen molar-refractivity contribution in [1.82, 2.24) is 19.7 Å². The van der Waals surface area contributed by atoms with E-state index in [1.165, 1.54) is 25.7 Å². The maximum absolute atomic E-state index is 12.8. The lowest BCUT2D eigenvalue weighted by Gasteiger charge is -2.27. The number of nitrogens with zero attached hydrogens (tertiary/aromatic N) is 3. The van der Waals surface area contributed by atoms with E-state index < -0.39 is 0 Å². The van der Waals surface area contributed by atoms with Crippen LogP contribution in [0.3, 0.4) is 0 Å². The largest absolute Gasteiger partial charge is 0.341 e. The Morgan fingerprint density at radius 1 is 1.32 bits per heavy atom. The third kappa shape index (κ3) is 4.18. The van der Waals surface area contributed by atoms with Gasteiger partial charge in [0.1, 0.15) is 6.54 Å². The number of aromatic amines is 1. The van der Waals surface area contributed by atoms with Crippen molar-refractivity contribution >= 4 is 18.1 Å². The zero-order valence-electron chi connectivity index (χ0n) is 15.0.